The molecule has 1 aliphatic heterocycles. The molecular formula is C21H20N2O5S. The Balaban J connectivity index is 1.63. The zero-order valence-electron chi connectivity index (χ0n) is 16.0. The zero-order valence-corrected chi connectivity index (χ0v) is 16.8. The number of carbonyl (C=O) groups is 4. The second kappa shape index (κ2) is 8.91. The molecule has 1 N–H and O–H groups in total. The van der Waals surface area contributed by atoms with Crippen molar-refractivity contribution in [2.75, 3.05) is 19.0 Å². The number of anilines is 1. The number of benzene rings is 2. The molecule has 2 aromatic carbocycles. The van der Waals surface area contributed by atoms with Crippen molar-refractivity contribution >= 4 is 41.1 Å². The van der Waals surface area contributed by atoms with Crippen LogP contribution in [0.15, 0.2) is 53.4 Å². The first-order valence-corrected chi connectivity index (χ1v) is 9.83. The molecule has 0 aliphatic carbocycles. The van der Waals surface area contributed by atoms with Gasteiger partial charge in [0.25, 0.3) is 5.91 Å². The van der Waals surface area contributed by atoms with Gasteiger partial charge in [0.15, 0.2) is 6.61 Å². The van der Waals surface area contributed by atoms with Gasteiger partial charge in [-0.15, -0.1) is 11.8 Å². The van der Waals surface area contributed by atoms with E-state index in [0.717, 1.165) is 22.2 Å². The monoisotopic (exact) mass is 412 g/mol. The number of rotatable bonds is 6. The molecule has 1 fully saturated rings. The highest BCUT2D eigenvalue weighted by Crippen LogP contribution is 2.33. The summed E-state index contributed by atoms with van der Waals surface area (Å²) in [5.41, 5.74) is 1.80. The third-order valence-electron chi connectivity index (χ3n) is 4.47. The normalized spacial score (nSPS) is 16.1. The van der Waals surface area contributed by atoms with E-state index in [1.165, 1.54) is 7.05 Å². The number of amides is 3. The summed E-state index contributed by atoms with van der Waals surface area (Å²) in [4.78, 5) is 50.1. The number of aryl methyl sites for hydroxylation is 1. The number of thioether (sulfide) groups is 1. The molecule has 1 unspecified atom stereocenters. The van der Waals surface area contributed by atoms with Crippen molar-refractivity contribution in [2.45, 2.75) is 23.5 Å². The third-order valence-corrected chi connectivity index (χ3v) is 5.73. The Hall–Kier alpha value is -3.13. The van der Waals surface area contributed by atoms with Gasteiger partial charge in [-0.3, -0.25) is 19.3 Å². The van der Waals surface area contributed by atoms with Gasteiger partial charge in [0.1, 0.15) is 0 Å². The van der Waals surface area contributed by atoms with Crippen LogP contribution in [0, 0.1) is 6.92 Å². The van der Waals surface area contributed by atoms with Crippen LogP contribution >= 0.6 is 11.8 Å². The fraction of sp³-hybridized carbons (Fsp3) is 0.238. The minimum atomic E-state index is -0.668. The summed E-state index contributed by atoms with van der Waals surface area (Å²) in [5, 5.41) is 2.12. The van der Waals surface area contributed by atoms with Crippen molar-refractivity contribution in [1.82, 2.24) is 4.90 Å². The number of esters is 1. The molecule has 1 saturated heterocycles. The van der Waals surface area contributed by atoms with Gasteiger partial charge >= 0.3 is 5.97 Å². The SMILES string of the molecule is Cc1ccccc1NC(=O)COC(=O)c1ccccc1SC1CC(=O)N(C)C1=O. The number of para-hydroxylation sites is 1. The predicted molar refractivity (Wildman–Crippen MR) is 109 cm³/mol. The van der Waals surface area contributed by atoms with Crippen LogP contribution in [0.3, 0.4) is 0 Å². The number of nitrogens with one attached hydrogen (secondary N) is 1. The maximum atomic E-state index is 12.5. The Kier molecular flexibility index (Phi) is 6.33. The van der Waals surface area contributed by atoms with Crippen LogP contribution in [-0.2, 0) is 19.1 Å². The van der Waals surface area contributed by atoms with Gasteiger partial charge in [0.2, 0.25) is 11.8 Å². The van der Waals surface area contributed by atoms with Crippen molar-refractivity contribution in [2.24, 2.45) is 0 Å². The van der Waals surface area contributed by atoms with Crippen LogP contribution in [0.25, 0.3) is 0 Å². The van der Waals surface area contributed by atoms with Crippen molar-refractivity contribution in [3.8, 4) is 0 Å². The first-order valence-electron chi connectivity index (χ1n) is 8.95. The van der Waals surface area contributed by atoms with E-state index in [-0.39, 0.29) is 23.8 Å². The van der Waals surface area contributed by atoms with E-state index < -0.39 is 23.7 Å². The maximum Gasteiger partial charge on any atom is 0.339 e. The average molecular weight is 412 g/mol. The van der Waals surface area contributed by atoms with Crippen molar-refractivity contribution in [3.63, 3.8) is 0 Å². The van der Waals surface area contributed by atoms with Gasteiger partial charge in [-0.2, -0.15) is 0 Å². The highest BCUT2D eigenvalue weighted by atomic mass is 32.2. The molecule has 3 amide bonds. The van der Waals surface area contributed by atoms with Crippen LogP contribution in [-0.4, -0.2) is 47.5 Å². The molecule has 0 saturated carbocycles. The predicted octanol–water partition coefficient (Wildman–Crippen LogP) is 2.64. The van der Waals surface area contributed by atoms with E-state index in [4.69, 9.17) is 4.74 Å². The number of hydrogen-bond donors (Lipinski definition) is 1. The molecule has 0 aromatic heterocycles. The van der Waals surface area contributed by atoms with Gasteiger partial charge in [0.05, 0.1) is 10.8 Å². The minimum Gasteiger partial charge on any atom is -0.452 e. The minimum absolute atomic E-state index is 0.0855. The summed E-state index contributed by atoms with van der Waals surface area (Å²) in [6.45, 7) is 1.43. The van der Waals surface area contributed by atoms with E-state index in [0.29, 0.717) is 10.6 Å². The molecular weight excluding hydrogens is 392 g/mol. The fourth-order valence-corrected chi connectivity index (χ4v) is 4.04. The Bertz CT molecular complexity index is 975. The van der Waals surface area contributed by atoms with Crippen LogP contribution in [0.1, 0.15) is 22.3 Å². The molecule has 1 heterocycles. The van der Waals surface area contributed by atoms with E-state index >= 15 is 0 Å². The lowest BCUT2D eigenvalue weighted by atomic mass is 10.2. The summed E-state index contributed by atoms with van der Waals surface area (Å²) >= 11 is 1.15. The summed E-state index contributed by atoms with van der Waals surface area (Å²) in [5.74, 6) is -1.66. The number of imide groups is 1. The third kappa shape index (κ3) is 4.83. The van der Waals surface area contributed by atoms with Gasteiger partial charge in [-0.05, 0) is 30.7 Å². The topological polar surface area (TPSA) is 92.8 Å². The highest BCUT2D eigenvalue weighted by molar-refractivity contribution is 8.00. The van der Waals surface area contributed by atoms with E-state index in [9.17, 15) is 19.2 Å². The molecule has 150 valence electrons. The Labute approximate surface area is 172 Å². The Morgan fingerprint density at radius 1 is 1.14 bits per heavy atom. The number of nitrogens with zero attached hydrogens (tertiary/aromatic N) is 1. The Morgan fingerprint density at radius 2 is 1.83 bits per heavy atom. The first-order chi connectivity index (χ1) is 13.9. The standard InChI is InChI=1S/C21H20N2O5S/c1-13-7-3-5-9-15(13)22-18(24)12-28-21(27)14-8-4-6-10-16(14)29-17-11-19(25)23(2)20(17)26/h3-10,17H,11-12H2,1-2H3,(H,22,24). The van der Waals surface area contributed by atoms with Crippen LogP contribution < -0.4 is 5.32 Å². The Morgan fingerprint density at radius 3 is 2.52 bits per heavy atom. The maximum absolute atomic E-state index is 12.5. The molecule has 0 spiro atoms. The largest absolute Gasteiger partial charge is 0.452 e. The van der Waals surface area contributed by atoms with Crippen LogP contribution in [0.5, 0.6) is 0 Å². The number of hydrogen-bond acceptors (Lipinski definition) is 6. The summed E-state index contributed by atoms with van der Waals surface area (Å²) in [7, 11) is 1.44. The van der Waals surface area contributed by atoms with Gasteiger partial charge < -0.3 is 10.1 Å². The fourth-order valence-electron chi connectivity index (χ4n) is 2.81. The smallest absolute Gasteiger partial charge is 0.339 e. The molecule has 7 nitrogen and oxygen atoms in total. The van der Waals surface area contributed by atoms with Gasteiger partial charge in [-0.1, -0.05) is 30.3 Å². The molecule has 8 heteroatoms. The molecule has 0 radical (unpaired) electrons. The molecule has 29 heavy (non-hydrogen) atoms. The molecule has 2 aromatic rings. The molecule has 0 bridgehead atoms. The lowest BCUT2D eigenvalue weighted by molar-refractivity contribution is -0.136. The van der Waals surface area contributed by atoms with E-state index in [1.807, 2.05) is 19.1 Å². The van der Waals surface area contributed by atoms with Crippen LogP contribution in [0.4, 0.5) is 5.69 Å². The van der Waals surface area contributed by atoms with E-state index in [2.05, 4.69) is 5.32 Å². The lowest BCUT2D eigenvalue weighted by Gasteiger charge is -2.12. The highest BCUT2D eigenvalue weighted by Gasteiger charge is 2.37. The van der Waals surface area contributed by atoms with Crippen molar-refractivity contribution in [1.29, 1.82) is 0 Å². The van der Waals surface area contributed by atoms with Gasteiger partial charge in [-0.25, -0.2) is 4.79 Å². The molecule has 1 atom stereocenters. The zero-order chi connectivity index (χ0) is 21.0. The first kappa shape index (κ1) is 20.6. The van der Waals surface area contributed by atoms with E-state index in [1.54, 1.807) is 36.4 Å². The molecule has 3 rings (SSSR count). The van der Waals surface area contributed by atoms with Crippen LogP contribution in [0.2, 0.25) is 0 Å². The van der Waals surface area contributed by atoms with Crippen molar-refractivity contribution < 1.29 is 23.9 Å². The summed E-state index contributed by atoms with van der Waals surface area (Å²) in [6.07, 6.45) is 0.0855. The second-order valence-electron chi connectivity index (χ2n) is 6.54. The number of ether oxygens (including phenoxy) is 1. The molecule has 1 aliphatic rings. The van der Waals surface area contributed by atoms with Gasteiger partial charge in [0, 0.05) is 24.1 Å². The summed E-state index contributed by atoms with van der Waals surface area (Å²) < 4.78 is 5.15. The summed E-state index contributed by atoms with van der Waals surface area (Å²) in [6, 6.07) is 13.9. The average Bonchev–Trinajstić information content (AvgIpc) is 2.95. The quantitative estimate of drug-likeness (QED) is 0.579. The number of likely N-dealkylation sites (tertiary alicyclic amines) is 1. The number of carbonyl (C=O) groups excluding carboxylic acids is 4. The van der Waals surface area contributed by atoms with Crippen molar-refractivity contribution in [3.05, 3.63) is 59.7 Å². The lowest BCUT2D eigenvalue weighted by Crippen LogP contribution is -2.26. The second-order valence-corrected chi connectivity index (χ2v) is 7.78.